The molecule has 0 unspecified atom stereocenters. The van der Waals surface area contributed by atoms with Crippen molar-refractivity contribution in [2.45, 2.75) is 63.8 Å². The van der Waals surface area contributed by atoms with E-state index in [9.17, 15) is 24.9 Å². The third kappa shape index (κ3) is 5.49. The normalized spacial score (nSPS) is 19.9. The first kappa shape index (κ1) is 22.7. The highest BCUT2D eigenvalue weighted by atomic mass is 16.2. The second-order valence-electron chi connectivity index (χ2n) is 9.40. The number of hydrogen-bond donors (Lipinski definition) is 2. The summed E-state index contributed by atoms with van der Waals surface area (Å²) in [5.74, 6) is -0.568. The zero-order valence-corrected chi connectivity index (χ0v) is 18.6. The first-order valence-electron chi connectivity index (χ1n) is 11.8. The topological polar surface area (TPSA) is 127 Å². The monoisotopic (exact) mass is 444 g/mol. The van der Waals surface area contributed by atoms with Gasteiger partial charge in [0.2, 0.25) is 5.91 Å². The number of H-pyrrole nitrogens is 1. The molecule has 7 nitrogen and oxygen atoms in total. The smallest absolute Gasteiger partial charge is 0.224 e. The Morgan fingerprint density at radius 1 is 1.15 bits per heavy atom. The maximum Gasteiger partial charge on any atom is 0.224 e. The summed E-state index contributed by atoms with van der Waals surface area (Å²) < 4.78 is 0. The molecule has 170 valence electrons. The highest BCUT2D eigenvalue weighted by molar-refractivity contribution is 6.02. The Hall–Kier alpha value is -3.45. The van der Waals surface area contributed by atoms with Crippen LogP contribution in [0.2, 0.25) is 0 Å². The maximum absolute atomic E-state index is 13.1. The molecule has 2 aliphatic carbocycles. The van der Waals surface area contributed by atoms with Crippen LogP contribution in [0.5, 0.6) is 0 Å². The van der Waals surface area contributed by atoms with E-state index >= 15 is 0 Å². The lowest BCUT2D eigenvalue weighted by atomic mass is 9.83. The highest BCUT2D eigenvalue weighted by Crippen LogP contribution is 2.37. The molecule has 33 heavy (non-hydrogen) atoms. The van der Waals surface area contributed by atoms with E-state index in [-0.39, 0.29) is 29.8 Å². The molecule has 1 amide bonds. The molecule has 2 saturated carbocycles. The van der Waals surface area contributed by atoms with Gasteiger partial charge in [-0.05, 0) is 49.8 Å². The summed E-state index contributed by atoms with van der Waals surface area (Å²) >= 11 is 0. The number of aromatic nitrogens is 1. The van der Waals surface area contributed by atoms with Crippen LogP contribution in [0.3, 0.4) is 0 Å². The maximum atomic E-state index is 13.1. The highest BCUT2D eigenvalue weighted by Gasteiger charge is 2.33. The molecule has 1 aromatic carbocycles. The number of carbonyl (C=O) groups is 3. The predicted molar refractivity (Wildman–Crippen MR) is 122 cm³/mol. The van der Waals surface area contributed by atoms with Crippen molar-refractivity contribution in [3.8, 4) is 12.1 Å². The average molecular weight is 445 g/mol. The Labute approximate surface area is 193 Å². The Balaban J connectivity index is 1.44. The molecule has 2 aromatic rings. The van der Waals surface area contributed by atoms with Crippen LogP contribution in [0.25, 0.3) is 10.9 Å². The van der Waals surface area contributed by atoms with Gasteiger partial charge in [0.25, 0.3) is 0 Å². The van der Waals surface area contributed by atoms with Gasteiger partial charge >= 0.3 is 0 Å². The van der Waals surface area contributed by atoms with Crippen molar-refractivity contribution in [3.63, 3.8) is 0 Å². The number of Topliss-reactive ketones (excluding diaryl/α,β-unsaturated/α-hetero) is 2. The van der Waals surface area contributed by atoms with E-state index in [1.54, 1.807) is 18.2 Å². The number of amides is 1. The fourth-order valence-corrected chi connectivity index (χ4v) is 4.80. The molecule has 2 fully saturated rings. The van der Waals surface area contributed by atoms with Gasteiger partial charge in [-0.15, -0.1) is 0 Å². The van der Waals surface area contributed by atoms with Gasteiger partial charge in [-0.3, -0.25) is 14.4 Å². The van der Waals surface area contributed by atoms with Crippen molar-refractivity contribution in [2.24, 2.45) is 17.8 Å². The molecule has 3 atom stereocenters. The number of fused-ring (bicyclic) bond motifs is 1. The van der Waals surface area contributed by atoms with Crippen LogP contribution in [-0.2, 0) is 9.59 Å². The quantitative estimate of drug-likeness (QED) is 0.561. The number of hydrogen-bond acceptors (Lipinski definition) is 5. The van der Waals surface area contributed by atoms with E-state index in [0.29, 0.717) is 47.3 Å². The largest absolute Gasteiger partial charge is 0.352 e. The molecule has 0 aliphatic heterocycles. The summed E-state index contributed by atoms with van der Waals surface area (Å²) in [5, 5.41) is 22.4. The molecule has 2 N–H and O–H groups in total. The molecular formula is C26H28N4O3. The van der Waals surface area contributed by atoms with E-state index in [2.05, 4.69) is 22.4 Å². The van der Waals surface area contributed by atoms with Gasteiger partial charge in [-0.25, -0.2) is 0 Å². The summed E-state index contributed by atoms with van der Waals surface area (Å²) in [7, 11) is 0. The second kappa shape index (κ2) is 10.0. The number of ketones is 2. The minimum absolute atomic E-state index is 0.0392. The Morgan fingerprint density at radius 2 is 1.97 bits per heavy atom. The van der Waals surface area contributed by atoms with Crippen molar-refractivity contribution in [2.75, 3.05) is 0 Å². The number of benzene rings is 1. The van der Waals surface area contributed by atoms with Gasteiger partial charge in [0.1, 0.15) is 11.8 Å². The molecule has 7 heteroatoms. The van der Waals surface area contributed by atoms with Crippen LogP contribution in [0.15, 0.2) is 24.3 Å². The van der Waals surface area contributed by atoms with E-state index < -0.39 is 12.0 Å². The molecule has 0 spiro atoms. The van der Waals surface area contributed by atoms with Crippen molar-refractivity contribution in [1.82, 2.24) is 10.3 Å². The molecule has 0 radical (unpaired) electrons. The SMILES string of the molecule is N#Cc1cccc2[nH]c(C(=O)C[C@@H](CC3CC3)C(=O)N[C@H](C#N)C[C@@H]3CCCCC3=O)cc12. The van der Waals surface area contributed by atoms with Gasteiger partial charge in [-0.2, -0.15) is 10.5 Å². The van der Waals surface area contributed by atoms with Gasteiger partial charge in [0.05, 0.1) is 23.4 Å². The third-order valence-electron chi connectivity index (χ3n) is 6.88. The Kier molecular flexibility index (Phi) is 6.89. The average Bonchev–Trinajstić information content (AvgIpc) is 3.53. The van der Waals surface area contributed by atoms with Crippen molar-refractivity contribution < 1.29 is 14.4 Å². The Morgan fingerprint density at radius 3 is 2.67 bits per heavy atom. The van der Waals surface area contributed by atoms with Crippen molar-refractivity contribution in [1.29, 1.82) is 10.5 Å². The van der Waals surface area contributed by atoms with Gasteiger partial charge in [0.15, 0.2) is 5.78 Å². The van der Waals surface area contributed by atoms with Crippen molar-refractivity contribution >= 4 is 28.4 Å². The molecule has 1 aromatic heterocycles. The van der Waals surface area contributed by atoms with Gasteiger partial charge < -0.3 is 10.3 Å². The number of nitriles is 2. The van der Waals surface area contributed by atoms with Crippen LogP contribution >= 0.6 is 0 Å². The number of carbonyl (C=O) groups excluding carboxylic acids is 3. The number of nitrogens with zero attached hydrogens (tertiary/aromatic N) is 2. The van der Waals surface area contributed by atoms with Crippen LogP contribution in [0.4, 0.5) is 0 Å². The second-order valence-corrected chi connectivity index (χ2v) is 9.40. The number of aromatic amines is 1. The van der Waals surface area contributed by atoms with Gasteiger partial charge in [0, 0.05) is 35.6 Å². The summed E-state index contributed by atoms with van der Waals surface area (Å²) in [6, 6.07) is 10.5. The van der Waals surface area contributed by atoms with Crippen LogP contribution in [0.1, 0.15) is 73.8 Å². The lowest BCUT2D eigenvalue weighted by Crippen LogP contribution is -2.41. The zero-order valence-electron chi connectivity index (χ0n) is 18.6. The zero-order chi connectivity index (χ0) is 23.4. The molecule has 2 aliphatic rings. The van der Waals surface area contributed by atoms with E-state index in [4.69, 9.17) is 0 Å². The number of rotatable bonds is 9. The lowest BCUT2D eigenvalue weighted by molar-refractivity contribution is -0.127. The predicted octanol–water partition coefficient (Wildman–Crippen LogP) is 4.19. The minimum Gasteiger partial charge on any atom is -0.352 e. The summed E-state index contributed by atoms with van der Waals surface area (Å²) in [4.78, 5) is 41.4. The molecule has 0 saturated heterocycles. The van der Waals surface area contributed by atoms with E-state index in [1.165, 1.54) is 0 Å². The summed E-state index contributed by atoms with van der Waals surface area (Å²) in [6.45, 7) is 0. The summed E-state index contributed by atoms with van der Waals surface area (Å²) in [5.41, 5.74) is 1.58. The first-order chi connectivity index (χ1) is 16.0. The molecule has 1 heterocycles. The molecule has 4 rings (SSSR count). The lowest BCUT2D eigenvalue weighted by Gasteiger charge is -2.24. The van der Waals surface area contributed by atoms with E-state index in [0.717, 1.165) is 32.1 Å². The minimum atomic E-state index is -0.729. The summed E-state index contributed by atoms with van der Waals surface area (Å²) in [6.07, 6.45) is 6.27. The molecule has 0 bridgehead atoms. The van der Waals surface area contributed by atoms with Crippen LogP contribution in [-0.4, -0.2) is 28.5 Å². The Bertz CT molecular complexity index is 1150. The third-order valence-corrected chi connectivity index (χ3v) is 6.88. The standard InChI is InChI=1S/C26H28N4O3/c27-14-18-5-3-6-22-21(18)13-23(30-22)25(32)12-19(10-16-8-9-16)26(33)29-20(15-28)11-17-4-1-2-7-24(17)31/h3,5-6,13,16-17,19-20,30H,1-2,4,7-12H2,(H,29,33)/t17-,19+,20-/m0/s1. The van der Waals surface area contributed by atoms with E-state index in [1.807, 2.05) is 6.07 Å². The van der Waals surface area contributed by atoms with Crippen LogP contribution < -0.4 is 5.32 Å². The fraction of sp³-hybridized carbons (Fsp3) is 0.500. The fourth-order valence-electron chi connectivity index (χ4n) is 4.80. The first-order valence-corrected chi connectivity index (χ1v) is 11.8. The van der Waals surface area contributed by atoms with Crippen molar-refractivity contribution in [3.05, 3.63) is 35.5 Å². The van der Waals surface area contributed by atoms with Crippen LogP contribution in [0, 0.1) is 40.4 Å². The molecular weight excluding hydrogens is 416 g/mol. The van der Waals surface area contributed by atoms with Gasteiger partial charge in [-0.1, -0.05) is 25.3 Å². The number of nitrogens with one attached hydrogen (secondary N) is 2.